The second-order valence-corrected chi connectivity index (χ2v) is 4.87. The van der Waals surface area contributed by atoms with E-state index in [9.17, 15) is 4.39 Å². The van der Waals surface area contributed by atoms with Gasteiger partial charge in [0.05, 0.1) is 19.3 Å². The van der Waals surface area contributed by atoms with Crippen molar-refractivity contribution in [2.24, 2.45) is 4.99 Å². The molecule has 1 aromatic heterocycles. The second kappa shape index (κ2) is 8.73. The third-order valence-electron chi connectivity index (χ3n) is 3.30. The van der Waals surface area contributed by atoms with Crippen molar-refractivity contribution in [2.75, 3.05) is 20.7 Å². The Bertz CT molecular complexity index is 661. The van der Waals surface area contributed by atoms with Gasteiger partial charge >= 0.3 is 0 Å². The molecule has 0 saturated heterocycles. The largest absolute Gasteiger partial charge is 0.481 e. The van der Waals surface area contributed by atoms with Gasteiger partial charge in [-0.25, -0.2) is 9.37 Å². The predicted octanol–water partition coefficient (Wildman–Crippen LogP) is 2.14. The lowest BCUT2D eigenvalue weighted by Crippen LogP contribution is -2.38. The molecule has 0 aliphatic heterocycles. The Balaban J connectivity index is 1.80. The molecule has 1 aromatic carbocycles. The van der Waals surface area contributed by atoms with E-state index in [2.05, 4.69) is 20.6 Å². The predicted molar refractivity (Wildman–Crippen MR) is 89.1 cm³/mol. The van der Waals surface area contributed by atoms with Gasteiger partial charge in [-0.3, -0.25) is 4.99 Å². The number of nitrogens with one attached hydrogen (secondary N) is 2. The maximum atomic E-state index is 13.5. The Kier molecular flexibility index (Phi) is 6.35. The van der Waals surface area contributed by atoms with E-state index < -0.39 is 0 Å². The van der Waals surface area contributed by atoms with Crippen molar-refractivity contribution in [2.45, 2.75) is 13.0 Å². The maximum absolute atomic E-state index is 13.5. The average Bonchev–Trinajstić information content (AvgIpc) is 2.59. The Labute approximate surface area is 135 Å². The van der Waals surface area contributed by atoms with Gasteiger partial charge in [0.2, 0.25) is 5.88 Å². The lowest BCUT2D eigenvalue weighted by Gasteiger charge is -2.12. The third-order valence-corrected chi connectivity index (χ3v) is 3.30. The quantitative estimate of drug-likeness (QED) is 0.633. The molecule has 0 spiro atoms. The number of pyridine rings is 1. The number of benzene rings is 1. The second-order valence-electron chi connectivity index (χ2n) is 4.87. The molecule has 0 amide bonds. The van der Waals surface area contributed by atoms with Gasteiger partial charge < -0.3 is 15.4 Å². The molecule has 6 heteroatoms. The topological polar surface area (TPSA) is 58.5 Å². The smallest absolute Gasteiger partial charge is 0.213 e. The molecule has 1 heterocycles. The van der Waals surface area contributed by atoms with Crippen molar-refractivity contribution in [1.29, 1.82) is 0 Å². The number of hydrogen-bond acceptors (Lipinski definition) is 3. The number of halogens is 1. The number of rotatable bonds is 6. The highest BCUT2D eigenvalue weighted by molar-refractivity contribution is 5.79. The van der Waals surface area contributed by atoms with Crippen molar-refractivity contribution in [1.82, 2.24) is 15.6 Å². The summed E-state index contributed by atoms with van der Waals surface area (Å²) in [5.74, 6) is 1.04. The first-order valence-electron chi connectivity index (χ1n) is 7.40. The fourth-order valence-corrected chi connectivity index (χ4v) is 2.08. The fraction of sp³-hybridized carbons (Fsp3) is 0.294. The summed E-state index contributed by atoms with van der Waals surface area (Å²) in [5, 5.41) is 6.32. The first-order chi connectivity index (χ1) is 11.2. The fourth-order valence-electron chi connectivity index (χ4n) is 2.08. The zero-order valence-electron chi connectivity index (χ0n) is 13.3. The molecule has 0 saturated carbocycles. The standard InChI is InChI=1S/C17H21FN4O/c1-19-17(20-11-10-13-6-3-4-8-15(13)18)21-12-14-7-5-9-16(22-14)23-2/h3-9H,10-12H2,1-2H3,(H2,19,20,21). The summed E-state index contributed by atoms with van der Waals surface area (Å²) in [5.41, 5.74) is 1.53. The molecule has 0 radical (unpaired) electrons. The van der Waals surface area contributed by atoms with Crippen LogP contribution in [0.5, 0.6) is 5.88 Å². The van der Waals surface area contributed by atoms with E-state index >= 15 is 0 Å². The molecule has 0 bridgehead atoms. The molecule has 2 rings (SSSR count). The number of aliphatic imine (C=N–C) groups is 1. The van der Waals surface area contributed by atoms with E-state index in [0.717, 1.165) is 5.69 Å². The zero-order chi connectivity index (χ0) is 16.5. The number of guanidine groups is 1. The molecule has 0 atom stereocenters. The number of aromatic nitrogens is 1. The Morgan fingerprint density at radius 1 is 1.17 bits per heavy atom. The van der Waals surface area contributed by atoms with E-state index in [1.54, 1.807) is 32.4 Å². The molecular weight excluding hydrogens is 295 g/mol. The van der Waals surface area contributed by atoms with Crippen molar-refractivity contribution in [3.63, 3.8) is 0 Å². The minimum absolute atomic E-state index is 0.183. The van der Waals surface area contributed by atoms with Gasteiger partial charge in [0.1, 0.15) is 5.82 Å². The monoisotopic (exact) mass is 316 g/mol. The molecule has 23 heavy (non-hydrogen) atoms. The Morgan fingerprint density at radius 2 is 2.00 bits per heavy atom. The summed E-state index contributed by atoms with van der Waals surface area (Å²) in [6.45, 7) is 1.11. The Morgan fingerprint density at radius 3 is 2.74 bits per heavy atom. The number of nitrogens with zero attached hydrogens (tertiary/aromatic N) is 2. The highest BCUT2D eigenvalue weighted by Gasteiger charge is 2.03. The summed E-state index contributed by atoms with van der Waals surface area (Å²) in [4.78, 5) is 8.46. The van der Waals surface area contributed by atoms with E-state index in [1.807, 2.05) is 18.2 Å². The minimum atomic E-state index is -0.183. The maximum Gasteiger partial charge on any atom is 0.213 e. The SMILES string of the molecule is CN=C(NCCc1ccccc1F)NCc1cccc(OC)n1. The summed E-state index contributed by atoms with van der Waals surface area (Å²) in [6.07, 6.45) is 0.588. The Hall–Kier alpha value is -2.63. The van der Waals surface area contributed by atoms with E-state index in [0.29, 0.717) is 36.9 Å². The van der Waals surface area contributed by atoms with Crippen LogP contribution in [0.15, 0.2) is 47.5 Å². The van der Waals surface area contributed by atoms with Gasteiger partial charge in [0.25, 0.3) is 0 Å². The van der Waals surface area contributed by atoms with Crippen molar-refractivity contribution in [3.8, 4) is 5.88 Å². The van der Waals surface area contributed by atoms with Crippen molar-refractivity contribution >= 4 is 5.96 Å². The first-order valence-corrected chi connectivity index (χ1v) is 7.40. The van der Waals surface area contributed by atoms with E-state index in [4.69, 9.17) is 4.74 Å². The van der Waals surface area contributed by atoms with E-state index in [1.165, 1.54) is 6.07 Å². The summed E-state index contributed by atoms with van der Waals surface area (Å²) in [7, 11) is 3.28. The van der Waals surface area contributed by atoms with Crippen LogP contribution in [0.4, 0.5) is 4.39 Å². The zero-order valence-corrected chi connectivity index (χ0v) is 13.3. The van der Waals surface area contributed by atoms with Gasteiger partial charge in [-0.15, -0.1) is 0 Å². The van der Waals surface area contributed by atoms with Gasteiger partial charge in [-0.1, -0.05) is 24.3 Å². The van der Waals surface area contributed by atoms with Crippen LogP contribution in [0.3, 0.4) is 0 Å². The van der Waals surface area contributed by atoms with Crippen LogP contribution in [0, 0.1) is 5.82 Å². The van der Waals surface area contributed by atoms with Gasteiger partial charge in [-0.05, 0) is 24.1 Å². The van der Waals surface area contributed by atoms with Crippen LogP contribution < -0.4 is 15.4 Å². The van der Waals surface area contributed by atoms with Gasteiger partial charge in [0, 0.05) is 19.7 Å². The highest BCUT2D eigenvalue weighted by Crippen LogP contribution is 2.07. The molecule has 0 unspecified atom stereocenters. The number of methoxy groups -OCH3 is 1. The van der Waals surface area contributed by atoms with Crippen LogP contribution in [-0.2, 0) is 13.0 Å². The number of hydrogen-bond donors (Lipinski definition) is 2. The molecule has 5 nitrogen and oxygen atoms in total. The van der Waals surface area contributed by atoms with Crippen LogP contribution in [-0.4, -0.2) is 31.6 Å². The van der Waals surface area contributed by atoms with E-state index in [-0.39, 0.29) is 5.82 Å². The summed E-state index contributed by atoms with van der Waals surface area (Å²) >= 11 is 0. The average molecular weight is 316 g/mol. The molecule has 2 N–H and O–H groups in total. The van der Waals surface area contributed by atoms with Gasteiger partial charge in [-0.2, -0.15) is 0 Å². The normalized spacial score (nSPS) is 11.2. The third kappa shape index (κ3) is 5.25. The lowest BCUT2D eigenvalue weighted by molar-refractivity contribution is 0.396. The number of ether oxygens (including phenoxy) is 1. The van der Waals surface area contributed by atoms with Crippen LogP contribution in [0.2, 0.25) is 0 Å². The summed E-state index contributed by atoms with van der Waals surface area (Å²) < 4.78 is 18.6. The van der Waals surface area contributed by atoms with Crippen LogP contribution >= 0.6 is 0 Å². The first kappa shape index (κ1) is 16.7. The van der Waals surface area contributed by atoms with Crippen molar-refractivity contribution < 1.29 is 9.13 Å². The summed E-state index contributed by atoms with van der Waals surface area (Å²) in [6, 6.07) is 12.4. The molecule has 0 aliphatic carbocycles. The molecule has 0 aliphatic rings. The highest BCUT2D eigenvalue weighted by atomic mass is 19.1. The minimum Gasteiger partial charge on any atom is -0.481 e. The molecule has 122 valence electrons. The molecule has 2 aromatic rings. The molecule has 0 fully saturated rings. The van der Waals surface area contributed by atoms with Crippen LogP contribution in [0.1, 0.15) is 11.3 Å². The van der Waals surface area contributed by atoms with Gasteiger partial charge in [0.15, 0.2) is 5.96 Å². The van der Waals surface area contributed by atoms with Crippen molar-refractivity contribution in [3.05, 3.63) is 59.5 Å². The lowest BCUT2D eigenvalue weighted by atomic mass is 10.1. The molecular formula is C17H21FN4O. The van der Waals surface area contributed by atoms with Crippen LogP contribution in [0.25, 0.3) is 0 Å².